The first kappa shape index (κ1) is 20.8. The summed E-state index contributed by atoms with van der Waals surface area (Å²) in [5, 5.41) is 9.01. The lowest BCUT2D eigenvalue weighted by Crippen LogP contribution is -2.40. The maximum atomic E-state index is 12.7. The third-order valence-corrected chi connectivity index (χ3v) is 8.58. The first-order chi connectivity index (χ1) is 12.1. The minimum Gasteiger partial charge on any atom is -0.481 e. The summed E-state index contributed by atoms with van der Waals surface area (Å²) >= 11 is 0. The zero-order valence-corrected chi connectivity index (χ0v) is 16.5. The van der Waals surface area contributed by atoms with Crippen molar-refractivity contribution in [2.45, 2.75) is 36.5 Å². The molecule has 0 unspecified atom stereocenters. The molecule has 1 fully saturated rings. The van der Waals surface area contributed by atoms with Crippen LogP contribution in [0.2, 0.25) is 0 Å². The Balaban J connectivity index is 2.21. The summed E-state index contributed by atoms with van der Waals surface area (Å²) in [7, 11) is -7.42. The molecule has 1 saturated heterocycles. The highest BCUT2D eigenvalue weighted by atomic mass is 32.2. The van der Waals surface area contributed by atoms with Gasteiger partial charge in [0.25, 0.3) is 0 Å². The second-order valence-electron chi connectivity index (χ2n) is 6.08. The molecule has 1 aliphatic rings. The van der Waals surface area contributed by atoms with E-state index in [-0.39, 0.29) is 35.7 Å². The number of benzene rings is 1. The van der Waals surface area contributed by atoms with E-state index in [1.54, 1.807) is 13.8 Å². The number of carbonyl (C=O) groups is 1. The fourth-order valence-electron chi connectivity index (χ4n) is 2.99. The molecule has 1 aliphatic heterocycles. The summed E-state index contributed by atoms with van der Waals surface area (Å²) in [6.45, 7) is 4.41. The van der Waals surface area contributed by atoms with E-state index in [9.17, 15) is 21.6 Å². The van der Waals surface area contributed by atoms with Crippen molar-refractivity contribution in [2.24, 2.45) is 5.92 Å². The van der Waals surface area contributed by atoms with Gasteiger partial charge in [-0.2, -0.15) is 8.61 Å². The molecular weight excluding hydrogens is 380 g/mol. The van der Waals surface area contributed by atoms with Gasteiger partial charge in [-0.15, -0.1) is 0 Å². The topological polar surface area (TPSA) is 112 Å². The van der Waals surface area contributed by atoms with E-state index in [0.29, 0.717) is 13.1 Å². The number of nitrogens with zero attached hydrogens (tertiary/aromatic N) is 2. The van der Waals surface area contributed by atoms with E-state index in [4.69, 9.17) is 5.11 Å². The molecule has 10 heteroatoms. The SMILES string of the molecule is CCN(CC)S(=O)(=O)c1ccc(S(=O)(=O)N2CCC(C(=O)O)CC2)cc1. The zero-order chi connectivity index (χ0) is 19.5. The monoisotopic (exact) mass is 404 g/mol. The number of piperidine rings is 1. The highest BCUT2D eigenvalue weighted by molar-refractivity contribution is 7.89. The van der Waals surface area contributed by atoms with Crippen LogP contribution in [0.15, 0.2) is 34.1 Å². The van der Waals surface area contributed by atoms with Crippen LogP contribution in [0.5, 0.6) is 0 Å². The Labute approximate surface area is 154 Å². The van der Waals surface area contributed by atoms with Gasteiger partial charge in [-0.1, -0.05) is 13.8 Å². The number of aliphatic carboxylic acids is 1. The molecule has 0 aromatic heterocycles. The molecule has 0 radical (unpaired) electrons. The van der Waals surface area contributed by atoms with Gasteiger partial charge in [0.05, 0.1) is 15.7 Å². The fourth-order valence-corrected chi connectivity index (χ4v) is 5.92. The predicted molar refractivity (Wildman–Crippen MR) is 95.7 cm³/mol. The number of carboxylic acids is 1. The van der Waals surface area contributed by atoms with Crippen LogP contribution in [-0.2, 0) is 24.8 Å². The lowest BCUT2D eigenvalue weighted by molar-refractivity contribution is -0.142. The first-order valence-electron chi connectivity index (χ1n) is 8.47. The van der Waals surface area contributed by atoms with Gasteiger partial charge in [0, 0.05) is 26.2 Å². The second-order valence-corrected chi connectivity index (χ2v) is 9.95. The summed E-state index contributed by atoms with van der Waals surface area (Å²) in [4.78, 5) is 11.0. The first-order valence-corrected chi connectivity index (χ1v) is 11.4. The van der Waals surface area contributed by atoms with E-state index >= 15 is 0 Å². The van der Waals surface area contributed by atoms with Crippen molar-refractivity contribution in [3.05, 3.63) is 24.3 Å². The fraction of sp³-hybridized carbons (Fsp3) is 0.562. The van der Waals surface area contributed by atoms with Crippen LogP contribution in [0.3, 0.4) is 0 Å². The van der Waals surface area contributed by atoms with E-state index in [0.717, 1.165) is 0 Å². The maximum absolute atomic E-state index is 12.7. The maximum Gasteiger partial charge on any atom is 0.306 e. The molecule has 2 rings (SSSR count). The standard InChI is InChI=1S/C16H24N2O6S2/c1-3-17(4-2)25(21,22)14-5-7-15(8-6-14)26(23,24)18-11-9-13(10-12-18)16(19)20/h5-8,13H,3-4,9-12H2,1-2H3,(H,19,20). The molecule has 0 saturated carbocycles. The van der Waals surface area contributed by atoms with E-state index in [1.807, 2.05) is 0 Å². The van der Waals surface area contributed by atoms with Gasteiger partial charge in [0.15, 0.2) is 0 Å². The van der Waals surface area contributed by atoms with E-state index < -0.39 is 31.9 Å². The molecule has 0 atom stereocenters. The lowest BCUT2D eigenvalue weighted by Gasteiger charge is -2.29. The van der Waals surface area contributed by atoms with Crippen molar-refractivity contribution in [3.63, 3.8) is 0 Å². The molecule has 0 aliphatic carbocycles. The smallest absolute Gasteiger partial charge is 0.306 e. The number of hydrogen-bond donors (Lipinski definition) is 1. The van der Waals surface area contributed by atoms with Crippen molar-refractivity contribution < 1.29 is 26.7 Å². The number of rotatable bonds is 7. The lowest BCUT2D eigenvalue weighted by atomic mass is 9.99. The van der Waals surface area contributed by atoms with Gasteiger partial charge in [0.1, 0.15) is 0 Å². The summed E-state index contributed by atoms with van der Waals surface area (Å²) in [5.74, 6) is -1.43. The highest BCUT2D eigenvalue weighted by Gasteiger charge is 2.32. The molecule has 0 amide bonds. The summed E-state index contributed by atoms with van der Waals surface area (Å²) < 4.78 is 52.9. The third kappa shape index (κ3) is 4.08. The van der Waals surface area contributed by atoms with Crippen LogP contribution in [0.25, 0.3) is 0 Å². The Kier molecular flexibility index (Phi) is 6.43. The molecule has 26 heavy (non-hydrogen) atoms. The largest absolute Gasteiger partial charge is 0.481 e. The van der Waals surface area contributed by atoms with Crippen molar-refractivity contribution in [3.8, 4) is 0 Å². The van der Waals surface area contributed by atoms with E-state index in [2.05, 4.69) is 0 Å². The van der Waals surface area contributed by atoms with Crippen LogP contribution < -0.4 is 0 Å². The molecule has 8 nitrogen and oxygen atoms in total. The second kappa shape index (κ2) is 8.03. The van der Waals surface area contributed by atoms with E-state index in [1.165, 1.54) is 32.9 Å². The van der Waals surface area contributed by atoms with Crippen molar-refractivity contribution in [1.82, 2.24) is 8.61 Å². The Bertz CT molecular complexity index is 837. The zero-order valence-electron chi connectivity index (χ0n) is 14.8. The molecule has 1 heterocycles. The minimum atomic E-state index is -3.77. The molecule has 1 aromatic rings. The molecular formula is C16H24N2O6S2. The highest BCUT2D eigenvalue weighted by Crippen LogP contribution is 2.25. The van der Waals surface area contributed by atoms with Crippen molar-refractivity contribution in [1.29, 1.82) is 0 Å². The number of hydrogen-bond acceptors (Lipinski definition) is 5. The van der Waals surface area contributed by atoms with Gasteiger partial charge < -0.3 is 5.11 Å². The molecule has 146 valence electrons. The Morgan fingerprint density at radius 3 is 1.92 bits per heavy atom. The van der Waals surface area contributed by atoms with Crippen LogP contribution >= 0.6 is 0 Å². The van der Waals surface area contributed by atoms with Crippen LogP contribution in [0.1, 0.15) is 26.7 Å². The van der Waals surface area contributed by atoms with Gasteiger partial charge in [-0.05, 0) is 37.1 Å². The van der Waals surface area contributed by atoms with Gasteiger partial charge in [-0.3, -0.25) is 4.79 Å². The average molecular weight is 405 g/mol. The Morgan fingerprint density at radius 1 is 1.04 bits per heavy atom. The number of sulfonamides is 2. The predicted octanol–water partition coefficient (Wildman–Crippen LogP) is 1.20. The van der Waals surface area contributed by atoms with Gasteiger partial charge >= 0.3 is 5.97 Å². The molecule has 0 bridgehead atoms. The number of carboxylic acid groups (broad SMARTS) is 1. The molecule has 1 N–H and O–H groups in total. The van der Waals surface area contributed by atoms with Crippen molar-refractivity contribution in [2.75, 3.05) is 26.2 Å². The Morgan fingerprint density at radius 2 is 1.50 bits per heavy atom. The van der Waals surface area contributed by atoms with Crippen LogP contribution in [-0.4, -0.2) is 62.7 Å². The third-order valence-electron chi connectivity index (χ3n) is 4.61. The van der Waals surface area contributed by atoms with Crippen LogP contribution in [0.4, 0.5) is 0 Å². The van der Waals surface area contributed by atoms with Gasteiger partial charge in [-0.25, -0.2) is 16.8 Å². The Hall–Kier alpha value is -1.49. The van der Waals surface area contributed by atoms with Crippen LogP contribution in [0, 0.1) is 5.92 Å². The summed E-state index contributed by atoms with van der Waals surface area (Å²) in [6.07, 6.45) is 0.534. The molecule has 1 aromatic carbocycles. The normalized spacial score (nSPS) is 17.5. The summed E-state index contributed by atoms with van der Waals surface area (Å²) in [5.41, 5.74) is 0. The van der Waals surface area contributed by atoms with Gasteiger partial charge in [0.2, 0.25) is 20.0 Å². The minimum absolute atomic E-state index is 0.00442. The summed E-state index contributed by atoms with van der Waals surface area (Å²) in [6, 6.07) is 5.17. The molecule has 0 spiro atoms. The average Bonchev–Trinajstić information content (AvgIpc) is 2.62. The quantitative estimate of drug-likeness (QED) is 0.731. The van der Waals surface area contributed by atoms with Crippen molar-refractivity contribution >= 4 is 26.0 Å².